The molecule has 0 aliphatic carbocycles. The summed E-state index contributed by atoms with van der Waals surface area (Å²) in [6.07, 6.45) is 0. The summed E-state index contributed by atoms with van der Waals surface area (Å²) >= 11 is 0. The third-order valence-corrected chi connectivity index (χ3v) is 4.42. The fourth-order valence-corrected chi connectivity index (χ4v) is 2.69. The van der Waals surface area contributed by atoms with Crippen LogP contribution in [-0.4, -0.2) is 55.3 Å². The lowest BCUT2D eigenvalue weighted by atomic mass is 10.1. The molecule has 31 heavy (non-hydrogen) atoms. The number of carbonyl (C=O) groups excluding carboxylic acids is 4. The minimum Gasteiger partial charge on any atom is -0.454 e. The molecule has 0 unspecified atom stereocenters. The monoisotopic (exact) mass is 429 g/mol. The molecule has 0 radical (unpaired) electrons. The maximum absolute atomic E-state index is 13.5. The van der Waals surface area contributed by atoms with Gasteiger partial charge in [-0.15, -0.1) is 0 Å². The molecule has 0 aliphatic rings. The van der Waals surface area contributed by atoms with Gasteiger partial charge in [0, 0.05) is 12.7 Å². The standard InChI is InChI=1S/C22H24FN3O5/c1-14-7-6-8-15(2)21(14)25-18(27)12-26(3)19(28)13-31-20(29)11-24-22(30)16-9-4-5-10-17(16)23/h4-10H,11-13H2,1-3H3,(H,24,30)(H,25,27). The highest BCUT2D eigenvalue weighted by molar-refractivity contribution is 5.97. The van der Waals surface area contributed by atoms with Gasteiger partial charge in [0.2, 0.25) is 5.91 Å². The molecule has 9 heteroatoms. The van der Waals surface area contributed by atoms with Gasteiger partial charge in [0.15, 0.2) is 6.61 Å². The van der Waals surface area contributed by atoms with Gasteiger partial charge in [0.1, 0.15) is 12.4 Å². The second-order valence-corrected chi connectivity index (χ2v) is 6.89. The molecule has 2 rings (SSSR count). The van der Waals surface area contributed by atoms with Crippen molar-refractivity contribution in [2.75, 3.05) is 32.1 Å². The zero-order valence-corrected chi connectivity index (χ0v) is 17.5. The Morgan fingerprint density at radius 2 is 1.65 bits per heavy atom. The van der Waals surface area contributed by atoms with Gasteiger partial charge < -0.3 is 20.3 Å². The normalized spacial score (nSPS) is 10.2. The van der Waals surface area contributed by atoms with Crippen LogP contribution >= 0.6 is 0 Å². The van der Waals surface area contributed by atoms with Crippen molar-refractivity contribution in [3.8, 4) is 0 Å². The number of benzene rings is 2. The molecule has 0 fully saturated rings. The quantitative estimate of drug-likeness (QED) is 0.623. The van der Waals surface area contributed by atoms with Gasteiger partial charge in [0.05, 0.1) is 12.1 Å². The van der Waals surface area contributed by atoms with Crippen LogP contribution in [0.1, 0.15) is 21.5 Å². The Kier molecular flexibility index (Phi) is 8.25. The highest BCUT2D eigenvalue weighted by Crippen LogP contribution is 2.19. The van der Waals surface area contributed by atoms with E-state index >= 15 is 0 Å². The van der Waals surface area contributed by atoms with Crippen LogP contribution in [0.2, 0.25) is 0 Å². The van der Waals surface area contributed by atoms with Crippen molar-refractivity contribution >= 4 is 29.4 Å². The number of rotatable bonds is 8. The minimum atomic E-state index is -0.869. The topological polar surface area (TPSA) is 105 Å². The van der Waals surface area contributed by atoms with Gasteiger partial charge >= 0.3 is 5.97 Å². The number of amides is 3. The van der Waals surface area contributed by atoms with Crippen LogP contribution in [-0.2, 0) is 19.1 Å². The Balaban J connectivity index is 1.75. The second kappa shape index (κ2) is 10.9. The number of nitrogens with one attached hydrogen (secondary N) is 2. The second-order valence-electron chi connectivity index (χ2n) is 6.89. The van der Waals surface area contributed by atoms with Crippen molar-refractivity contribution in [2.24, 2.45) is 0 Å². The summed E-state index contributed by atoms with van der Waals surface area (Å²) in [6, 6.07) is 10.9. The number of anilines is 1. The van der Waals surface area contributed by atoms with Crippen LogP contribution < -0.4 is 10.6 Å². The molecule has 8 nitrogen and oxygen atoms in total. The molecule has 0 saturated carbocycles. The highest BCUT2D eigenvalue weighted by Gasteiger charge is 2.17. The van der Waals surface area contributed by atoms with Gasteiger partial charge in [0.25, 0.3) is 11.8 Å². The SMILES string of the molecule is Cc1cccc(C)c1NC(=O)CN(C)C(=O)COC(=O)CNC(=O)c1ccccc1F. The van der Waals surface area contributed by atoms with Crippen molar-refractivity contribution in [1.82, 2.24) is 10.2 Å². The van der Waals surface area contributed by atoms with Gasteiger partial charge in [-0.25, -0.2) is 4.39 Å². The van der Waals surface area contributed by atoms with Gasteiger partial charge in [-0.1, -0.05) is 30.3 Å². The number of ether oxygens (including phenoxy) is 1. The lowest BCUT2D eigenvalue weighted by Crippen LogP contribution is -2.38. The lowest BCUT2D eigenvalue weighted by molar-refractivity contribution is -0.150. The lowest BCUT2D eigenvalue weighted by Gasteiger charge is -2.18. The predicted molar refractivity (Wildman–Crippen MR) is 112 cm³/mol. The number of carbonyl (C=O) groups is 4. The third kappa shape index (κ3) is 6.91. The summed E-state index contributed by atoms with van der Waals surface area (Å²) in [5.74, 6) is -3.35. The average Bonchev–Trinajstić information content (AvgIpc) is 2.73. The first-order valence-electron chi connectivity index (χ1n) is 9.47. The summed E-state index contributed by atoms with van der Waals surface area (Å²) in [7, 11) is 1.40. The fraction of sp³-hybridized carbons (Fsp3) is 0.273. The van der Waals surface area contributed by atoms with E-state index in [2.05, 4.69) is 10.6 Å². The number of hydrogen-bond acceptors (Lipinski definition) is 5. The summed E-state index contributed by atoms with van der Waals surface area (Å²) < 4.78 is 18.3. The molecular formula is C22H24FN3O5. The maximum Gasteiger partial charge on any atom is 0.325 e. The number of aryl methyl sites for hydroxylation is 2. The van der Waals surface area contributed by atoms with Crippen molar-refractivity contribution in [3.05, 3.63) is 65.0 Å². The van der Waals surface area contributed by atoms with E-state index in [0.29, 0.717) is 5.69 Å². The van der Waals surface area contributed by atoms with E-state index in [0.717, 1.165) is 22.1 Å². The molecule has 0 atom stereocenters. The smallest absolute Gasteiger partial charge is 0.325 e. The molecule has 0 heterocycles. The summed E-state index contributed by atoms with van der Waals surface area (Å²) in [6.45, 7) is 2.37. The highest BCUT2D eigenvalue weighted by atomic mass is 19.1. The van der Waals surface area contributed by atoms with E-state index in [-0.39, 0.29) is 12.1 Å². The zero-order valence-electron chi connectivity index (χ0n) is 17.5. The average molecular weight is 429 g/mol. The van der Waals surface area contributed by atoms with Crippen LogP contribution in [0.3, 0.4) is 0 Å². The van der Waals surface area contributed by atoms with Crippen LogP contribution in [0.4, 0.5) is 10.1 Å². The number of hydrogen-bond donors (Lipinski definition) is 2. The van der Waals surface area contributed by atoms with Gasteiger partial charge in [-0.2, -0.15) is 0 Å². The van der Waals surface area contributed by atoms with E-state index in [1.165, 1.54) is 25.2 Å². The first-order valence-corrected chi connectivity index (χ1v) is 9.47. The first kappa shape index (κ1) is 23.5. The summed E-state index contributed by atoms with van der Waals surface area (Å²) in [5, 5.41) is 4.98. The van der Waals surface area contributed by atoms with E-state index in [1.807, 2.05) is 32.0 Å². The molecule has 3 amide bonds. The number of esters is 1. The zero-order chi connectivity index (χ0) is 23.0. The van der Waals surface area contributed by atoms with Crippen LogP contribution in [0.15, 0.2) is 42.5 Å². The van der Waals surface area contributed by atoms with E-state index < -0.39 is 42.7 Å². The number of para-hydroxylation sites is 1. The Bertz CT molecular complexity index is 973. The third-order valence-electron chi connectivity index (χ3n) is 4.42. The number of halogens is 1. The van der Waals surface area contributed by atoms with Crippen LogP contribution in [0.5, 0.6) is 0 Å². The molecule has 0 aliphatic heterocycles. The largest absolute Gasteiger partial charge is 0.454 e. The minimum absolute atomic E-state index is 0.207. The number of likely N-dealkylation sites (N-methyl/N-ethyl adjacent to an activating group) is 1. The molecular weight excluding hydrogens is 405 g/mol. The van der Waals surface area contributed by atoms with Crippen LogP contribution in [0.25, 0.3) is 0 Å². The molecule has 2 N–H and O–H groups in total. The van der Waals surface area contributed by atoms with Gasteiger partial charge in [-0.3, -0.25) is 19.2 Å². The predicted octanol–water partition coefficient (Wildman–Crippen LogP) is 1.81. The van der Waals surface area contributed by atoms with Crippen LogP contribution in [0, 0.1) is 19.7 Å². The van der Waals surface area contributed by atoms with Crippen molar-refractivity contribution < 1.29 is 28.3 Å². The molecule has 0 saturated heterocycles. The Labute approximate surface area is 179 Å². The summed E-state index contributed by atoms with van der Waals surface area (Å²) in [4.78, 5) is 49.0. The molecule has 164 valence electrons. The molecule has 0 spiro atoms. The first-order chi connectivity index (χ1) is 14.7. The van der Waals surface area contributed by atoms with E-state index in [1.54, 1.807) is 0 Å². The maximum atomic E-state index is 13.5. The molecule has 0 bridgehead atoms. The van der Waals surface area contributed by atoms with Crippen molar-refractivity contribution in [3.63, 3.8) is 0 Å². The molecule has 2 aromatic carbocycles. The Morgan fingerprint density at radius 3 is 2.29 bits per heavy atom. The fourth-order valence-electron chi connectivity index (χ4n) is 2.69. The molecule has 0 aromatic heterocycles. The Hall–Kier alpha value is -3.75. The summed E-state index contributed by atoms with van der Waals surface area (Å²) in [5.41, 5.74) is 2.27. The van der Waals surface area contributed by atoms with Crippen molar-refractivity contribution in [2.45, 2.75) is 13.8 Å². The Morgan fingerprint density at radius 1 is 1.00 bits per heavy atom. The van der Waals surface area contributed by atoms with E-state index in [4.69, 9.17) is 4.74 Å². The molecule has 2 aromatic rings. The number of nitrogens with zero attached hydrogens (tertiary/aromatic N) is 1. The van der Waals surface area contributed by atoms with E-state index in [9.17, 15) is 23.6 Å². The van der Waals surface area contributed by atoms with Gasteiger partial charge in [-0.05, 0) is 37.1 Å². The van der Waals surface area contributed by atoms with Crippen molar-refractivity contribution in [1.29, 1.82) is 0 Å².